The number of anilines is 1. The lowest BCUT2D eigenvalue weighted by molar-refractivity contribution is 0.0952. The average Bonchev–Trinajstić information content (AvgIpc) is 2.74. The number of carbonyl (C=O) groups is 1. The smallest absolute Gasteiger partial charge is 0.275 e. The number of amides is 1. The van der Waals surface area contributed by atoms with Crippen molar-refractivity contribution in [1.82, 2.24) is 5.43 Å². The summed E-state index contributed by atoms with van der Waals surface area (Å²) in [5.74, 6) is 0.847. The van der Waals surface area contributed by atoms with Crippen molar-refractivity contribution in [3.8, 4) is 11.5 Å². The van der Waals surface area contributed by atoms with Gasteiger partial charge >= 0.3 is 0 Å². The van der Waals surface area contributed by atoms with Crippen LogP contribution in [0.25, 0.3) is 0 Å². The highest BCUT2D eigenvalue weighted by atomic mass is 16.5. The van der Waals surface area contributed by atoms with Crippen molar-refractivity contribution in [2.75, 3.05) is 45.4 Å². The zero-order valence-electron chi connectivity index (χ0n) is 15.5. The summed E-state index contributed by atoms with van der Waals surface area (Å²) in [6.07, 6.45) is 1.56. The fourth-order valence-corrected chi connectivity index (χ4v) is 2.88. The number of hydrogen-bond donors (Lipinski definition) is 1. The Bertz CT molecular complexity index is 817. The van der Waals surface area contributed by atoms with E-state index in [1.165, 1.54) is 7.11 Å². The fraction of sp³-hybridized carbons (Fsp3) is 0.300. The van der Waals surface area contributed by atoms with E-state index < -0.39 is 0 Å². The summed E-state index contributed by atoms with van der Waals surface area (Å²) in [4.78, 5) is 14.5. The number of benzene rings is 2. The maximum Gasteiger partial charge on any atom is 0.275 e. The van der Waals surface area contributed by atoms with Crippen molar-refractivity contribution in [3.05, 3.63) is 53.6 Å². The standard InChI is InChI=1S/C20H23N3O4/c1-25-18-6-4-3-5-17(18)20(24)22-21-14-15-7-8-16(13-19(15)26-2)23-9-11-27-12-10-23/h3-8,13-14H,9-12H2,1-2H3,(H,22,24). The summed E-state index contributed by atoms with van der Waals surface area (Å²) in [5.41, 5.74) is 4.79. The molecule has 1 N–H and O–H groups in total. The van der Waals surface area contributed by atoms with Crippen molar-refractivity contribution in [2.45, 2.75) is 0 Å². The third kappa shape index (κ3) is 4.57. The molecule has 2 aromatic rings. The highest BCUT2D eigenvalue weighted by molar-refractivity contribution is 5.97. The van der Waals surface area contributed by atoms with Crippen LogP contribution in [0.1, 0.15) is 15.9 Å². The summed E-state index contributed by atoms with van der Waals surface area (Å²) in [6.45, 7) is 3.15. The van der Waals surface area contributed by atoms with Crippen molar-refractivity contribution >= 4 is 17.8 Å². The van der Waals surface area contributed by atoms with E-state index in [1.54, 1.807) is 37.6 Å². The van der Waals surface area contributed by atoms with E-state index in [2.05, 4.69) is 15.4 Å². The molecule has 0 aliphatic carbocycles. The summed E-state index contributed by atoms with van der Waals surface area (Å²) < 4.78 is 16.1. The first-order valence-electron chi connectivity index (χ1n) is 8.70. The van der Waals surface area contributed by atoms with Gasteiger partial charge in [0.15, 0.2) is 0 Å². The Morgan fingerprint density at radius 1 is 1.11 bits per heavy atom. The topological polar surface area (TPSA) is 72.4 Å². The van der Waals surface area contributed by atoms with E-state index in [0.29, 0.717) is 17.1 Å². The number of nitrogens with one attached hydrogen (secondary N) is 1. The van der Waals surface area contributed by atoms with Gasteiger partial charge in [0, 0.05) is 30.4 Å². The van der Waals surface area contributed by atoms with Crippen molar-refractivity contribution in [3.63, 3.8) is 0 Å². The predicted octanol–water partition coefficient (Wildman–Crippen LogP) is 2.30. The normalized spacial score (nSPS) is 14.2. The van der Waals surface area contributed by atoms with E-state index in [1.807, 2.05) is 18.2 Å². The van der Waals surface area contributed by atoms with Gasteiger partial charge in [-0.25, -0.2) is 5.43 Å². The first-order chi connectivity index (χ1) is 13.2. The van der Waals surface area contributed by atoms with Crippen LogP contribution in [-0.2, 0) is 4.74 Å². The third-order valence-corrected chi connectivity index (χ3v) is 4.31. The molecule has 27 heavy (non-hydrogen) atoms. The molecule has 7 heteroatoms. The number of methoxy groups -OCH3 is 2. The quantitative estimate of drug-likeness (QED) is 0.625. The van der Waals surface area contributed by atoms with E-state index in [0.717, 1.165) is 37.6 Å². The van der Waals surface area contributed by atoms with Crippen LogP contribution in [0.3, 0.4) is 0 Å². The van der Waals surface area contributed by atoms with Crippen LogP contribution in [0.2, 0.25) is 0 Å². The van der Waals surface area contributed by atoms with Crippen molar-refractivity contribution in [1.29, 1.82) is 0 Å². The number of morpholine rings is 1. The molecule has 0 unspecified atom stereocenters. The van der Waals surface area contributed by atoms with Gasteiger partial charge in [-0.3, -0.25) is 4.79 Å². The largest absolute Gasteiger partial charge is 0.496 e. The third-order valence-electron chi connectivity index (χ3n) is 4.31. The number of ether oxygens (including phenoxy) is 3. The number of carbonyl (C=O) groups excluding carboxylic acids is 1. The van der Waals surface area contributed by atoms with Crippen LogP contribution in [-0.4, -0.2) is 52.6 Å². The highest BCUT2D eigenvalue weighted by Gasteiger charge is 2.13. The minimum Gasteiger partial charge on any atom is -0.496 e. The highest BCUT2D eigenvalue weighted by Crippen LogP contribution is 2.25. The molecule has 1 aliphatic rings. The molecule has 1 amide bonds. The number of hydrazone groups is 1. The second-order valence-electron chi connectivity index (χ2n) is 5.93. The van der Waals surface area contributed by atoms with E-state index in [-0.39, 0.29) is 5.91 Å². The summed E-state index contributed by atoms with van der Waals surface area (Å²) in [5, 5.41) is 4.05. The van der Waals surface area contributed by atoms with Gasteiger partial charge in [-0.05, 0) is 24.3 Å². The van der Waals surface area contributed by atoms with Gasteiger partial charge in [-0.2, -0.15) is 5.10 Å². The zero-order valence-corrected chi connectivity index (χ0v) is 15.5. The molecule has 2 aromatic carbocycles. The molecule has 1 heterocycles. The lowest BCUT2D eigenvalue weighted by Gasteiger charge is -2.29. The van der Waals surface area contributed by atoms with Crippen LogP contribution in [0.5, 0.6) is 11.5 Å². The molecule has 3 rings (SSSR count). The molecule has 0 bridgehead atoms. The Labute approximate surface area is 158 Å². The minimum atomic E-state index is -0.340. The van der Waals surface area contributed by atoms with Crippen LogP contribution in [0.15, 0.2) is 47.6 Å². The summed E-state index contributed by atoms with van der Waals surface area (Å²) in [7, 11) is 3.14. The zero-order chi connectivity index (χ0) is 19.1. The maximum atomic E-state index is 12.3. The predicted molar refractivity (Wildman–Crippen MR) is 104 cm³/mol. The van der Waals surface area contributed by atoms with Gasteiger partial charge in [0.2, 0.25) is 0 Å². The number of rotatable bonds is 6. The molecule has 0 atom stereocenters. The number of nitrogens with zero attached hydrogens (tertiary/aromatic N) is 2. The SMILES string of the molecule is COc1cc(N2CCOCC2)ccc1C=NNC(=O)c1ccccc1OC. The van der Waals surface area contributed by atoms with Gasteiger partial charge < -0.3 is 19.1 Å². The van der Waals surface area contributed by atoms with Gasteiger partial charge in [-0.1, -0.05) is 12.1 Å². The molecular formula is C20H23N3O4. The Hall–Kier alpha value is -3.06. The lowest BCUT2D eigenvalue weighted by atomic mass is 10.1. The average molecular weight is 369 g/mol. The van der Waals surface area contributed by atoms with Gasteiger partial charge in [0.05, 0.1) is 39.2 Å². The van der Waals surface area contributed by atoms with E-state index in [9.17, 15) is 4.79 Å². The van der Waals surface area contributed by atoms with Crippen molar-refractivity contribution < 1.29 is 19.0 Å². The molecular weight excluding hydrogens is 346 g/mol. The monoisotopic (exact) mass is 369 g/mol. The molecule has 1 aliphatic heterocycles. The second kappa shape index (κ2) is 9.05. The molecule has 0 radical (unpaired) electrons. The van der Waals surface area contributed by atoms with Crippen molar-refractivity contribution in [2.24, 2.45) is 5.10 Å². The van der Waals surface area contributed by atoms with Crippen LogP contribution >= 0.6 is 0 Å². The second-order valence-corrected chi connectivity index (χ2v) is 5.93. The Morgan fingerprint density at radius 2 is 1.85 bits per heavy atom. The van der Waals surface area contributed by atoms with Crippen LogP contribution < -0.4 is 19.8 Å². The Morgan fingerprint density at radius 3 is 2.59 bits per heavy atom. The first-order valence-corrected chi connectivity index (χ1v) is 8.70. The van der Waals surface area contributed by atoms with Gasteiger partial charge in [-0.15, -0.1) is 0 Å². The maximum absolute atomic E-state index is 12.3. The first kappa shape index (κ1) is 18.7. The molecule has 0 aromatic heterocycles. The molecule has 0 saturated carbocycles. The number of para-hydroxylation sites is 1. The molecule has 1 fully saturated rings. The lowest BCUT2D eigenvalue weighted by Crippen LogP contribution is -2.36. The van der Waals surface area contributed by atoms with E-state index >= 15 is 0 Å². The molecule has 142 valence electrons. The Balaban J connectivity index is 1.70. The molecule has 1 saturated heterocycles. The van der Waals surface area contributed by atoms with Crippen LogP contribution in [0, 0.1) is 0 Å². The van der Waals surface area contributed by atoms with Crippen LogP contribution in [0.4, 0.5) is 5.69 Å². The molecule has 7 nitrogen and oxygen atoms in total. The molecule has 0 spiro atoms. The minimum absolute atomic E-state index is 0.340. The van der Waals surface area contributed by atoms with E-state index in [4.69, 9.17) is 14.2 Å². The Kier molecular flexibility index (Phi) is 6.27. The van der Waals surface area contributed by atoms with Gasteiger partial charge in [0.1, 0.15) is 11.5 Å². The fourth-order valence-electron chi connectivity index (χ4n) is 2.88. The van der Waals surface area contributed by atoms with Gasteiger partial charge in [0.25, 0.3) is 5.91 Å². The summed E-state index contributed by atoms with van der Waals surface area (Å²) in [6, 6.07) is 12.9. The number of hydrogen-bond acceptors (Lipinski definition) is 6. The summed E-state index contributed by atoms with van der Waals surface area (Å²) >= 11 is 0.